The summed E-state index contributed by atoms with van der Waals surface area (Å²) in [5.41, 5.74) is -0.709. The number of rotatable bonds is 5. The Labute approximate surface area is 143 Å². The van der Waals surface area contributed by atoms with Crippen LogP contribution >= 0.6 is 15.9 Å². The fourth-order valence-electron chi connectivity index (χ4n) is 3.80. The number of likely N-dealkylation sites (tertiary alicyclic amines) is 1. The van der Waals surface area contributed by atoms with Crippen molar-refractivity contribution in [2.45, 2.75) is 25.7 Å². The maximum Gasteiger partial charge on any atom is 0.311 e. The maximum absolute atomic E-state index is 12.4. The van der Waals surface area contributed by atoms with Crippen LogP contribution in [-0.4, -0.2) is 41.6 Å². The lowest BCUT2D eigenvalue weighted by Crippen LogP contribution is -2.37. The summed E-state index contributed by atoms with van der Waals surface area (Å²) >= 11 is 3.40. The van der Waals surface area contributed by atoms with Gasteiger partial charge < -0.3 is 14.7 Å². The minimum Gasteiger partial charge on any atom is -0.492 e. The molecule has 0 radical (unpaired) electrons. The van der Waals surface area contributed by atoms with Crippen LogP contribution in [0.1, 0.15) is 25.7 Å². The van der Waals surface area contributed by atoms with E-state index in [4.69, 9.17) is 4.74 Å². The highest BCUT2D eigenvalue weighted by atomic mass is 79.9. The number of halogens is 1. The van der Waals surface area contributed by atoms with Crippen molar-refractivity contribution in [3.63, 3.8) is 0 Å². The van der Waals surface area contributed by atoms with Crippen molar-refractivity contribution in [1.82, 2.24) is 4.90 Å². The lowest BCUT2D eigenvalue weighted by atomic mass is 9.81. The molecule has 0 spiro atoms. The molecule has 2 aliphatic rings. The van der Waals surface area contributed by atoms with Gasteiger partial charge in [0.2, 0.25) is 5.91 Å². The van der Waals surface area contributed by atoms with Crippen LogP contribution in [-0.2, 0) is 9.59 Å². The van der Waals surface area contributed by atoms with Crippen LogP contribution in [0.15, 0.2) is 28.7 Å². The molecule has 1 heterocycles. The molecule has 6 heteroatoms. The fourth-order valence-corrected chi connectivity index (χ4v) is 4.20. The number of para-hydroxylation sites is 1. The first-order valence-electron chi connectivity index (χ1n) is 7.91. The summed E-state index contributed by atoms with van der Waals surface area (Å²) in [7, 11) is 0. The van der Waals surface area contributed by atoms with Gasteiger partial charge in [0.05, 0.1) is 22.9 Å². The first kappa shape index (κ1) is 16.3. The van der Waals surface area contributed by atoms with Gasteiger partial charge in [-0.15, -0.1) is 0 Å². The van der Waals surface area contributed by atoms with E-state index in [2.05, 4.69) is 15.9 Å². The second-order valence-electron chi connectivity index (χ2n) is 6.35. The zero-order chi connectivity index (χ0) is 16.4. The minimum absolute atomic E-state index is 0.0212. The number of carbonyl (C=O) groups is 2. The van der Waals surface area contributed by atoms with Crippen molar-refractivity contribution in [3.8, 4) is 5.75 Å². The molecule has 2 atom stereocenters. The molecule has 0 aromatic heterocycles. The van der Waals surface area contributed by atoms with Crippen LogP contribution < -0.4 is 4.74 Å². The summed E-state index contributed by atoms with van der Waals surface area (Å²) < 4.78 is 6.48. The van der Waals surface area contributed by atoms with Gasteiger partial charge in [0.25, 0.3) is 0 Å². The largest absolute Gasteiger partial charge is 0.492 e. The molecule has 5 nitrogen and oxygen atoms in total. The monoisotopic (exact) mass is 381 g/mol. The molecule has 23 heavy (non-hydrogen) atoms. The van der Waals surface area contributed by atoms with Crippen molar-refractivity contribution in [2.24, 2.45) is 11.3 Å². The molecule has 2 fully saturated rings. The normalized spacial score (nSPS) is 26.1. The Hall–Kier alpha value is -1.56. The van der Waals surface area contributed by atoms with E-state index in [9.17, 15) is 14.7 Å². The number of hydrogen-bond donors (Lipinski definition) is 1. The van der Waals surface area contributed by atoms with Gasteiger partial charge in [0.1, 0.15) is 5.75 Å². The van der Waals surface area contributed by atoms with Gasteiger partial charge in [-0.1, -0.05) is 18.6 Å². The maximum atomic E-state index is 12.4. The number of nitrogens with zero attached hydrogens (tertiary/aromatic N) is 1. The number of carbonyl (C=O) groups excluding carboxylic acids is 1. The third-order valence-electron chi connectivity index (χ3n) is 5.06. The third-order valence-corrected chi connectivity index (χ3v) is 5.71. The van der Waals surface area contributed by atoms with E-state index in [0.29, 0.717) is 31.9 Å². The molecule has 1 aromatic rings. The first-order chi connectivity index (χ1) is 11.0. The van der Waals surface area contributed by atoms with E-state index >= 15 is 0 Å². The van der Waals surface area contributed by atoms with Crippen molar-refractivity contribution >= 4 is 27.8 Å². The number of ether oxygens (including phenoxy) is 1. The number of hydrogen-bond acceptors (Lipinski definition) is 3. The van der Waals surface area contributed by atoms with Crippen molar-refractivity contribution < 1.29 is 19.4 Å². The van der Waals surface area contributed by atoms with Gasteiger partial charge in [-0.25, -0.2) is 0 Å². The predicted molar refractivity (Wildman–Crippen MR) is 88.2 cm³/mol. The molecular weight excluding hydrogens is 362 g/mol. The SMILES string of the molecule is O=C(CCOc1ccccc1Br)N1C[C@@H]2CCC[C@@]2(C(=O)O)C1. The Kier molecular flexibility index (Phi) is 4.62. The zero-order valence-electron chi connectivity index (χ0n) is 12.8. The van der Waals surface area contributed by atoms with Crippen LogP contribution in [0.3, 0.4) is 0 Å². The predicted octanol–water partition coefficient (Wildman–Crippen LogP) is 2.93. The molecule has 0 unspecified atom stereocenters. The summed E-state index contributed by atoms with van der Waals surface area (Å²) in [4.78, 5) is 25.7. The summed E-state index contributed by atoms with van der Waals surface area (Å²) in [5.74, 6) is 0.0422. The average molecular weight is 382 g/mol. The second-order valence-corrected chi connectivity index (χ2v) is 7.21. The number of amides is 1. The molecule has 1 aliphatic carbocycles. The topological polar surface area (TPSA) is 66.8 Å². The number of carboxylic acid groups (broad SMARTS) is 1. The van der Waals surface area contributed by atoms with Crippen LogP contribution in [0.2, 0.25) is 0 Å². The van der Waals surface area contributed by atoms with Gasteiger partial charge in [0, 0.05) is 13.1 Å². The molecule has 124 valence electrons. The van der Waals surface area contributed by atoms with Crippen molar-refractivity contribution in [3.05, 3.63) is 28.7 Å². The minimum atomic E-state index is -0.750. The van der Waals surface area contributed by atoms with Gasteiger partial charge in [-0.2, -0.15) is 0 Å². The Bertz CT molecular complexity index is 620. The van der Waals surface area contributed by atoms with Crippen LogP contribution in [0.25, 0.3) is 0 Å². The summed E-state index contributed by atoms with van der Waals surface area (Å²) in [6.45, 7) is 1.21. The number of fused-ring (bicyclic) bond motifs is 1. The Balaban J connectivity index is 1.54. The molecule has 1 N–H and O–H groups in total. The van der Waals surface area contributed by atoms with E-state index in [0.717, 1.165) is 17.3 Å². The molecule has 0 bridgehead atoms. The van der Waals surface area contributed by atoms with Crippen molar-refractivity contribution in [1.29, 1.82) is 0 Å². The van der Waals surface area contributed by atoms with E-state index in [1.54, 1.807) is 4.90 Å². The van der Waals surface area contributed by atoms with Gasteiger partial charge in [0.15, 0.2) is 0 Å². The number of carboxylic acids is 1. The molecule has 1 aromatic carbocycles. The van der Waals surface area contributed by atoms with Gasteiger partial charge >= 0.3 is 5.97 Å². The Morgan fingerprint density at radius 3 is 2.87 bits per heavy atom. The highest BCUT2D eigenvalue weighted by Crippen LogP contribution is 2.48. The van der Waals surface area contributed by atoms with E-state index in [1.807, 2.05) is 24.3 Å². The first-order valence-corrected chi connectivity index (χ1v) is 8.71. The standard InChI is InChI=1S/C17H20BrNO4/c18-13-5-1-2-6-14(13)23-9-7-15(20)19-10-12-4-3-8-17(12,11-19)16(21)22/h1-2,5-6,12H,3-4,7-11H2,(H,21,22)/t12-,17+/m0/s1. The van der Waals surface area contributed by atoms with Crippen molar-refractivity contribution in [2.75, 3.05) is 19.7 Å². The highest BCUT2D eigenvalue weighted by molar-refractivity contribution is 9.10. The Morgan fingerprint density at radius 2 is 2.17 bits per heavy atom. The summed E-state index contributed by atoms with van der Waals surface area (Å²) in [6, 6.07) is 7.50. The summed E-state index contributed by atoms with van der Waals surface area (Å²) in [5, 5.41) is 9.56. The molecular formula is C17H20BrNO4. The molecule has 1 saturated carbocycles. The van der Waals surface area contributed by atoms with Gasteiger partial charge in [-0.3, -0.25) is 9.59 Å². The zero-order valence-corrected chi connectivity index (χ0v) is 14.4. The fraction of sp³-hybridized carbons (Fsp3) is 0.529. The molecule has 1 amide bonds. The highest BCUT2D eigenvalue weighted by Gasteiger charge is 2.55. The molecule has 1 aliphatic heterocycles. The lowest BCUT2D eigenvalue weighted by Gasteiger charge is -2.23. The molecule has 1 saturated heterocycles. The smallest absolute Gasteiger partial charge is 0.311 e. The quantitative estimate of drug-likeness (QED) is 0.851. The third kappa shape index (κ3) is 3.09. The average Bonchev–Trinajstić information content (AvgIpc) is 3.07. The number of aliphatic carboxylic acids is 1. The van der Waals surface area contributed by atoms with Crippen LogP contribution in [0.5, 0.6) is 5.75 Å². The van der Waals surface area contributed by atoms with Gasteiger partial charge in [-0.05, 0) is 46.8 Å². The van der Waals surface area contributed by atoms with Crippen LogP contribution in [0.4, 0.5) is 0 Å². The van der Waals surface area contributed by atoms with E-state index < -0.39 is 11.4 Å². The molecule has 3 rings (SSSR count). The van der Waals surface area contributed by atoms with E-state index in [1.165, 1.54) is 0 Å². The van der Waals surface area contributed by atoms with E-state index in [-0.39, 0.29) is 18.2 Å². The second kappa shape index (κ2) is 6.51. The summed E-state index contributed by atoms with van der Waals surface area (Å²) in [6.07, 6.45) is 2.81. The van der Waals surface area contributed by atoms with Crippen LogP contribution in [0, 0.1) is 11.3 Å². The Morgan fingerprint density at radius 1 is 1.39 bits per heavy atom. The number of benzene rings is 1. The lowest BCUT2D eigenvalue weighted by molar-refractivity contribution is -0.149.